The summed E-state index contributed by atoms with van der Waals surface area (Å²) in [7, 11) is 1.43. The van der Waals surface area contributed by atoms with E-state index in [1.54, 1.807) is 30.3 Å². The Morgan fingerprint density at radius 3 is 2.33 bits per heavy atom. The van der Waals surface area contributed by atoms with Gasteiger partial charge in [-0.3, -0.25) is 0 Å². The van der Waals surface area contributed by atoms with E-state index in [1.807, 2.05) is 22.6 Å². The van der Waals surface area contributed by atoms with Crippen LogP contribution in [0.25, 0.3) is 11.6 Å². The maximum Gasteiger partial charge on any atom is 0.341 e. The molecule has 0 unspecified atom stereocenters. The summed E-state index contributed by atoms with van der Waals surface area (Å²) in [5, 5.41) is 27.2. The lowest BCUT2D eigenvalue weighted by molar-refractivity contribution is -0.139. The Morgan fingerprint density at radius 2 is 1.81 bits per heavy atom. The number of aliphatic carboxylic acids is 1. The lowest BCUT2D eigenvalue weighted by Crippen LogP contribution is -2.11. The van der Waals surface area contributed by atoms with Gasteiger partial charge in [0.15, 0.2) is 18.1 Å². The Kier molecular flexibility index (Phi) is 6.79. The van der Waals surface area contributed by atoms with Gasteiger partial charge in [-0.15, -0.1) is 0 Å². The van der Waals surface area contributed by atoms with Gasteiger partial charge in [0.2, 0.25) is 0 Å². The summed E-state index contributed by atoms with van der Waals surface area (Å²) in [5.41, 5.74) is 1.69. The lowest BCUT2D eigenvalue weighted by Gasteiger charge is -2.12. The van der Waals surface area contributed by atoms with Crippen LogP contribution < -0.4 is 9.47 Å². The van der Waals surface area contributed by atoms with Crippen LogP contribution in [0, 0.1) is 14.9 Å². The Labute approximate surface area is 168 Å². The third kappa shape index (κ3) is 5.21. The molecule has 138 valence electrons. The number of nitrogens with zero attached hydrogens (tertiary/aromatic N) is 1. The average Bonchev–Trinajstić information content (AvgIpc) is 2.64. The van der Waals surface area contributed by atoms with E-state index in [4.69, 9.17) is 19.7 Å². The standard InChI is InChI=1S/C19H14INO6/c1-26-16-8-11(7-15(20)18(16)27-10-17(22)23)6-14(9-21)12-2-4-13(5-3-12)19(24)25/h2-8H,10H2,1H3,(H,22,23)(H,24,25)/b14-6-. The average molecular weight is 479 g/mol. The number of aromatic carboxylic acids is 1. The first-order valence-corrected chi connectivity index (χ1v) is 8.61. The van der Waals surface area contributed by atoms with Crippen molar-refractivity contribution in [1.29, 1.82) is 5.26 Å². The van der Waals surface area contributed by atoms with Gasteiger partial charge in [0.25, 0.3) is 0 Å². The van der Waals surface area contributed by atoms with Crippen LogP contribution in [-0.2, 0) is 4.79 Å². The fourth-order valence-electron chi connectivity index (χ4n) is 2.24. The first kappa shape index (κ1) is 20.3. The van der Waals surface area contributed by atoms with E-state index >= 15 is 0 Å². The molecule has 0 bridgehead atoms. The van der Waals surface area contributed by atoms with Gasteiger partial charge in [-0.2, -0.15) is 5.26 Å². The topological polar surface area (TPSA) is 117 Å². The second-order valence-electron chi connectivity index (χ2n) is 5.27. The maximum absolute atomic E-state index is 10.9. The van der Waals surface area contributed by atoms with Gasteiger partial charge in [0, 0.05) is 0 Å². The van der Waals surface area contributed by atoms with E-state index in [9.17, 15) is 14.9 Å². The van der Waals surface area contributed by atoms with Crippen LogP contribution in [0.1, 0.15) is 21.5 Å². The molecule has 0 saturated carbocycles. The molecule has 2 aromatic rings. The number of carboxylic acid groups (broad SMARTS) is 2. The van der Waals surface area contributed by atoms with Crippen LogP contribution in [0.2, 0.25) is 0 Å². The number of hydrogen-bond acceptors (Lipinski definition) is 5. The molecule has 0 atom stereocenters. The van der Waals surface area contributed by atoms with E-state index in [0.717, 1.165) is 0 Å². The monoisotopic (exact) mass is 479 g/mol. The molecule has 27 heavy (non-hydrogen) atoms. The highest BCUT2D eigenvalue weighted by Gasteiger charge is 2.13. The van der Waals surface area contributed by atoms with Crippen LogP contribution in [0.15, 0.2) is 36.4 Å². The normalized spacial score (nSPS) is 10.8. The van der Waals surface area contributed by atoms with Crippen molar-refractivity contribution in [2.24, 2.45) is 0 Å². The zero-order valence-corrected chi connectivity index (χ0v) is 16.3. The molecule has 2 rings (SSSR count). The molecule has 0 spiro atoms. The molecule has 2 N–H and O–H groups in total. The summed E-state index contributed by atoms with van der Waals surface area (Å²) in [6.45, 7) is -0.499. The van der Waals surface area contributed by atoms with Crippen LogP contribution >= 0.6 is 22.6 Å². The number of carboxylic acids is 2. The molecule has 0 saturated heterocycles. The third-order valence-electron chi connectivity index (χ3n) is 3.47. The summed E-state index contributed by atoms with van der Waals surface area (Å²) < 4.78 is 11.1. The molecule has 0 aliphatic heterocycles. The molecular formula is C19H14INO6. The van der Waals surface area contributed by atoms with Gasteiger partial charge in [0.05, 0.1) is 27.9 Å². The van der Waals surface area contributed by atoms with E-state index in [-0.39, 0.29) is 5.56 Å². The highest BCUT2D eigenvalue weighted by atomic mass is 127. The second-order valence-corrected chi connectivity index (χ2v) is 6.43. The summed E-state index contributed by atoms with van der Waals surface area (Å²) in [6, 6.07) is 11.4. The molecule has 0 aliphatic carbocycles. The number of hydrogen-bond donors (Lipinski definition) is 2. The van der Waals surface area contributed by atoms with Crippen molar-refractivity contribution in [2.45, 2.75) is 0 Å². The number of rotatable bonds is 7. The quantitative estimate of drug-likeness (QED) is 0.355. The van der Waals surface area contributed by atoms with Crippen LogP contribution in [-0.4, -0.2) is 35.9 Å². The van der Waals surface area contributed by atoms with E-state index in [2.05, 4.69) is 6.07 Å². The van der Waals surface area contributed by atoms with Gasteiger partial charge in [-0.05, 0) is 64.1 Å². The summed E-state index contributed by atoms with van der Waals surface area (Å²) >= 11 is 1.99. The number of allylic oxidation sites excluding steroid dienone is 1. The number of methoxy groups -OCH3 is 1. The Balaban J connectivity index is 2.40. The number of carbonyl (C=O) groups is 2. The number of halogens is 1. The number of benzene rings is 2. The largest absolute Gasteiger partial charge is 0.493 e. The number of nitriles is 1. The van der Waals surface area contributed by atoms with Crippen molar-refractivity contribution < 1.29 is 29.3 Å². The second kappa shape index (κ2) is 9.05. The Hall–Kier alpha value is -3.06. The van der Waals surface area contributed by atoms with Gasteiger partial charge < -0.3 is 19.7 Å². The predicted octanol–water partition coefficient (Wildman–Crippen LogP) is 3.53. The zero-order valence-electron chi connectivity index (χ0n) is 14.1. The summed E-state index contributed by atoms with van der Waals surface area (Å²) in [4.78, 5) is 21.6. The molecule has 0 amide bonds. The minimum atomic E-state index is -1.10. The van der Waals surface area contributed by atoms with Gasteiger partial charge >= 0.3 is 11.9 Å². The molecular weight excluding hydrogens is 465 g/mol. The first-order valence-electron chi connectivity index (χ1n) is 7.53. The lowest BCUT2D eigenvalue weighted by atomic mass is 10.0. The molecule has 0 radical (unpaired) electrons. The van der Waals surface area contributed by atoms with Gasteiger partial charge in [-0.25, -0.2) is 9.59 Å². The molecule has 0 fully saturated rings. The highest BCUT2D eigenvalue weighted by molar-refractivity contribution is 14.1. The van der Waals surface area contributed by atoms with E-state index in [0.29, 0.717) is 31.8 Å². The molecule has 8 heteroatoms. The predicted molar refractivity (Wildman–Crippen MR) is 106 cm³/mol. The van der Waals surface area contributed by atoms with Crippen molar-refractivity contribution >= 4 is 46.2 Å². The third-order valence-corrected chi connectivity index (χ3v) is 4.27. The van der Waals surface area contributed by atoms with Crippen molar-refractivity contribution in [3.05, 3.63) is 56.7 Å². The Bertz CT molecular complexity index is 944. The SMILES string of the molecule is COc1cc(/C=C(/C#N)c2ccc(C(=O)O)cc2)cc(I)c1OCC(=O)O. The van der Waals surface area contributed by atoms with Crippen LogP contribution in [0.4, 0.5) is 0 Å². The first-order chi connectivity index (χ1) is 12.8. The molecule has 2 aromatic carbocycles. The van der Waals surface area contributed by atoms with Crippen molar-refractivity contribution in [3.8, 4) is 17.6 Å². The maximum atomic E-state index is 10.9. The fourth-order valence-corrected chi connectivity index (χ4v) is 3.02. The zero-order chi connectivity index (χ0) is 20.0. The summed E-state index contributed by atoms with van der Waals surface area (Å²) in [5.74, 6) is -1.50. The minimum absolute atomic E-state index is 0.132. The smallest absolute Gasteiger partial charge is 0.341 e. The van der Waals surface area contributed by atoms with E-state index < -0.39 is 18.5 Å². The molecule has 0 aromatic heterocycles. The highest BCUT2D eigenvalue weighted by Crippen LogP contribution is 2.35. The van der Waals surface area contributed by atoms with Gasteiger partial charge in [-0.1, -0.05) is 12.1 Å². The Morgan fingerprint density at radius 1 is 1.19 bits per heavy atom. The molecule has 0 heterocycles. The van der Waals surface area contributed by atoms with Gasteiger partial charge in [0.1, 0.15) is 0 Å². The molecule has 0 aliphatic rings. The van der Waals surface area contributed by atoms with Crippen molar-refractivity contribution in [2.75, 3.05) is 13.7 Å². The van der Waals surface area contributed by atoms with Crippen molar-refractivity contribution in [3.63, 3.8) is 0 Å². The van der Waals surface area contributed by atoms with Crippen LogP contribution in [0.3, 0.4) is 0 Å². The minimum Gasteiger partial charge on any atom is -0.493 e. The van der Waals surface area contributed by atoms with Crippen LogP contribution in [0.5, 0.6) is 11.5 Å². The van der Waals surface area contributed by atoms with Crippen molar-refractivity contribution in [1.82, 2.24) is 0 Å². The fraction of sp³-hybridized carbons (Fsp3) is 0.105. The molecule has 7 nitrogen and oxygen atoms in total. The van der Waals surface area contributed by atoms with E-state index in [1.165, 1.54) is 19.2 Å². The summed E-state index contributed by atoms with van der Waals surface area (Å²) in [6.07, 6.45) is 1.63. The number of ether oxygens (including phenoxy) is 2.